The fourth-order valence-corrected chi connectivity index (χ4v) is 3.10. The fraction of sp³-hybridized carbons (Fsp3) is 0.600. The first-order valence-corrected chi connectivity index (χ1v) is 6.71. The Bertz CT molecular complexity index is 473. The van der Waals surface area contributed by atoms with Crippen LogP contribution < -0.4 is 0 Å². The quantitative estimate of drug-likeness (QED) is 0.796. The molecule has 0 radical (unpaired) electrons. The molecule has 0 spiro atoms. The number of esters is 1. The lowest BCUT2D eigenvalue weighted by Crippen LogP contribution is -2.27. The SMILES string of the molecule is CC(=CCC(=O)O)C1=C(C)CCC2C(C)C(=O)OC12. The van der Waals surface area contributed by atoms with Gasteiger partial charge in [-0.15, -0.1) is 0 Å². The van der Waals surface area contributed by atoms with E-state index in [0.717, 1.165) is 24.0 Å². The number of carboxylic acids is 1. The lowest BCUT2D eigenvalue weighted by atomic mass is 9.75. The Labute approximate surface area is 113 Å². The van der Waals surface area contributed by atoms with Crippen LogP contribution in [0.3, 0.4) is 0 Å². The number of allylic oxidation sites excluding steroid dienone is 1. The summed E-state index contributed by atoms with van der Waals surface area (Å²) in [7, 11) is 0. The fourth-order valence-electron chi connectivity index (χ4n) is 3.10. The van der Waals surface area contributed by atoms with E-state index in [-0.39, 0.29) is 30.3 Å². The summed E-state index contributed by atoms with van der Waals surface area (Å²) in [5, 5.41) is 8.75. The van der Waals surface area contributed by atoms with Gasteiger partial charge in [-0.2, -0.15) is 0 Å². The maximum atomic E-state index is 11.7. The van der Waals surface area contributed by atoms with Crippen molar-refractivity contribution in [1.82, 2.24) is 0 Å². The first-order chi connectivity index (χ1) is 8.91. The minimum atomic E-state index is -0.846. The van der Waals surface area contributed by atoms with Gasteiger partial charge in [-0.25, -0.2) is 0 Å². The first kappa shape index (κ1) is 13.8. The van der Waals surface area contributed by atoms with E-state index in [1.165, 1.54) is 5.57 Å². The molecular formula is C15H20O4. The van der Waals surface area contributed by atoms with Crippen molar-refractivity contribution < 1.29 is 19.4 Å². The zero-order valence-corrected chi connectivity index (χ0v) is 11.6. The van der Waals surface area contributed by atoms with E-state index in [1.54, 1.807) is 6.08 Å². The number of rotatable bonds is 3. The summed E-state index contributed by atoms with van der Waals surface area (Å²) in [6, 6.07) is 0. The average molecular weight is 264 g/mol. The maximum Gasteiger partial charge on any atom is 0.309 e. The molecule has 0 bridgehead atoms. The molecular weight excluding hydrogens is 244 g/mol. The molecule has 0 aromatic carbocycles. The lowest BCUT2D eigenvalue weighted by Gasteiger charge is -2.29. The normalized spacial score (nSPS) is 31.2. The van der Waals surface area contributed by atoms with E-state index in [1.807, 2.05) is 20.8 Å². The van der Waals surface area contributed by atoms with Crippen LogP contribution in [0.15, 0.2) is 22.8 Å². The van der Waals surface area contributed by atoms with Gasteiger partial charge in [0.15, 0.2) is 0 Å². The van der Waals surface area contributed by atoms with Crippen LogP contribution in [0.4, 0.5) is 0 Å². The number of aliphatic carboxylic acids is 1. The molecule has 0 aromatic heterocycles. The number of ether oxygens (including phenoxy) is 1. The third kappa shape index (κ3) is 2.57. The molecule has 1 saturated heterocycles. The van der Waals surface area contributed by atoms with E-state index in [9.17, 15) is 9.59 Å². The summed E-state index contributed by atoms with van der Waals surface area (Å²) in [6.45, 7) is 5.86. The number of hydrogen-bond donors (Lipinski definition) is 1. The summed E-state index contributed by atoms with van der Waals surface area (Å²) in [4.78, 5) is 22.4. The Hall–Kier alpha value is -1.58. The van der Waals surface area contributed by atoms with Crippen molar-refractivity contribution in [1.29, 1.82) is 0 Å². The third-order valence-corrected chi connectivity index (χ3v) is 4.25. The van der Waals surface area contributed by atoms with Crippen molar-refractivity contribution in [3.63, 3.8) is 0 Å². The van der Waals surface area contributed by atoms with Crippen LogP contribution in [0, 0.1) is 11.8 Å². The minimum absolute atomic E-state index is 0.00347. The summed E-state index contributed by atoms with van der Waals surface area (Å²) in [6.07, 6.45) is 3.46. The van der Waals surface area contributed by atoms with Crippen LogP contribution in [0.5, 0.6) is 0 Å². The summed E-state index contributed by atoms with van der Waals surface area (Å²) < 4.78 is 5.50. The van der Waals surface area contributed by atoms with E-state index < -0.39 is 5.97 Å². The molecule has 104 valence electrons. The van der Waals surface area contributed by atoms with Gasteiger partial charge >= 0.3 is 11.9 Å². The highest BCUT2D eigenvalue weighted by Gasteiger charge is 2.45. The van der Waals surface area contributed by atoms with E-state index in [2.05, 4.69) is 0 Å². The van der Waals surface area contributed by atoms with Gasteiger partial charge in [-0.05, 0) is 37.8 Å². The van der Waals surface area contributed by atoms with Crippen LogP contribution in [0.1, 0.15) is 40.0 Å². The van der Waals surface area contributed by atoms with E-state index >= 15 is 0 Å². The second-order valence-corrected chi connectivity index (χ2v) is 5.53. The summed E-state index contributed by atoms with van der Waals surface area (Å²) in [5.74, 6) is -0.797. The zero-order chi connectivity index (χ0) is 14.2. The van der Waals surface area contributed by atoms with Crippen LogP contribution in [0.25, 0.3) is 0 Å². The summed E-state index contributed by atoms with van der Waals surface area (Å²) >= 11 is 0. The molecule has 0 saturated carbocycles. The molecule has 1 fully saturated rings. The third-order valence-electron chi connectivity index (χ3n) is 4.25. The predicted octanol–water partition coefficient (Wildman–Crippen LogP) is 2.70. The molecule has 19 heavy (non-hydrogen) atoms. The monoisotopic (exact) mass is 264 g/mol. The van der Waals surface area contributed by atoms with Gasteiger partial charge in [0.25, 0.3) is 0 Å². The van der Waals surface area contributed by atoms with E-state index in [4.69, 9.17) is 9.84 Å². The molecule has 2 rings (SSSR count). The number of hydrogen-bond acceptors (Lipinski definition) is 3. The highest BCUT2D eigenvalue weighted by Crippen LogP contribution is 2.43. The van der Waals surface area contributed by atoms with Gasteiger partial charge < -0.3 is 9.84 Å². The molecule has 4 heteroatoms. The largest absolute Gasteiger partial charge is 0.481 e. The molecule has 3 atom stereocenters. The summed E-state index contributed by atoms with van der Waals surface area (Å²) in [5.41, 5.74) is 3.17. The van der Waals surface area contributed by atoms with Crippen LogP contribution in [0.2, 0.25) is 0 Å². The molecule has 1 aliphatic carbocycles. The Kier molecular flexibility index (Phi) is 3.78. The van der Waals surface area contributed by atoms with Gasteiger partial charge in [-0.3, -0.25) is 9.59 Å². The molecule has 0 amide bonds. The number of fused-ring (bicyclic) bond motifs is 1. The van der Waals surface area contributed by atoms with Crippen LogP contribution in [-0.2, 0) is 14.3 Å². The van der Waals surface area contributed by atoms with Crippen molar-refractivity contribution in [2.24, 2.45) is 11.8 Å². The van der Waals surface area contributed by atoms with Crippen molar-refractivity contribution in [3.8, 4) is 0 Å². The smallest absolute Gasteiger partial charge is 0.309 e. The van der Waals surface area contributed by atoms with Crippen molar-refractivity contribution in [3.05, 3.63) is 22.8 Å². The van der Waals surface area contributed by atoms with Crippen LogP contribution in [-0.4, -0.2) is 23.1 Å². The van der Waals surface area contributed by atoms with Crippen molar-refractivity contribution in [2.75, 3.05) is 0 Å². The topological polar surface area (TPSA) is 63.6 Å². The first-order valence-electron chi connectivity index (χ1n) is 6.71. The number of carbonyl (C=O) groups excluding carboxylic acids is 1. The highest BCUT2D eigenvalue weighted by molar-refractivity contribution is 5.76. The van der Waals surface area contributed by atoms with Gasteiger partial charge in [0.05, 0.1) is 12.3 Å². The molecule has 1 aliphatic heterocycles. The Morgan fingerprint density at radius 2 is 2.21 bits per heavy atom. The minimum Gasteiger partial charge on any atom is -0.481 e. The van der Waals surface area contributed by atoms with E-state index in [0.29, 0.717) is 0 Å². The highest BCUT2D eigenvalue weighted by atomic mass is 16.6. The molecule has 3 unspecified atom stereocenters. The Balaban J connectivity index is 2.29. The standard InChI is InChI=1S/C15H20O4/c1-8-4-6-11-10(3)15(18)19-14(11)13(8)9(2)5-7-12(16)17/h5,10-11,14H,4,6-7H2,1-3H3,(H,16,17). The van der Waals surface area contributed by atoms with Gasteiger partial charge in [-0.1, -0.05) is 18.6 Å². The Morgan fingerprint density at radius 3 is 2.84 bits per heavy atom. The maximum absolute atomic E-state index is 11.7. The van der Waals surface area contributed by atoms with Gasteiger partial charge in [0, 0.05) is 5.92 Å². The van der Waals surface area contributed by atoms with Gasteiger partial charge in [0.1, 0.15) is 6.10 Å². The number of carbonyl (C=O) groups is 2. The zero-order valence-electron chi connectivity index (χ0n) is 11.6. The molecule has 1 heterocycles. The number of carboxylic acid groups (broad SMARTS) is 1. The second kappa shape index (κ2) is 5.19. The predicted molar refractivity (Wildman–Crippen MR) is 70.5 cm³/mol. The van der Waals surface area contributed by atoms with Gasteiger partial charge in [0.2, 0.25) is 0 Å². The second-order valence-electron chi connectivity index (χ2n) is 5.53. The van der Waals surface area contributed by atoms with Crippen molar-refractivity contribution in [2.45, 2.75) is 46.1 Å². The average Bonchev–Trinajstić information content (AvgIpc) is 2.62. The lowest BCUT2D eigenvalue weighted by molar-refractivity contribution is -0.143. The molecule has 2 aliphatic rings. The van der Waals surface area contributed by atoms with Crippen LogP contribution >= 0.6 is 0 Å². The molecule has 4 nitrogen and oxygen atoms in total. The molecule has 1 N–H and O–H groups in total. The Morgan fingerprint density at radius 1 is 1.53 bits per heavy atom. The molecule has 0 aromatic rings. The van der Waals surface area contributed by atoms with Crippen molar-refractivity contribution >= 4 is 11.9 Å².